The number of hydrogen-bond acceptors (Lipinski definition) is 5. The maximum Gasteiger partial charge on any atom is 0.410 e. The summed E-state index contributed by atoms with van der Waals surface area (Å²) >= 11 is 0. The molecule has 23 heavy (non-hydrogen) atoms. The number of methoxy groups -OCH3 is 1. The molecule has 0 aromatic rings. The van der Waals surface area contributed by atoms with Gasteiger partial charge >= 0.3 is 12.1 Å². The van der Waals surface area contributed by atoms with E-state index in [-0.39, 0.29) is 18.4 Å². The van der Waals surface area contributed by atoms with Gasteiger partial charge in [-0.3, -0.25) is 9.69 Å². The zero-order valence-electron chi connectivity index (χ0n) is 14.9. The van der Waals surface area contributed by atoms with E-state index in [1.54, 1.807) is 20.8 Å². The van der Waals surface area contributed by atoms with E-state index < -0.39 is 23.7 Å². The third kappa shape index (κ3) is 5.73. The van der Waals surface area contributed by atoms with Crippen molar-refractivity contribution < 1.29 is 23.9 Å². The predicted octanol–water partition coefficient (Wildman–Crippen LogP) is 1.65. The summed E-state index contributed by atoms with van der Waals surface area (Å²) in [6, 6.07) is -0.603. The highest BCUT2D eigenvalue weighted by Gasteiger charge is 2.37. The van der Waals surface area contributed by atoms with Gasteiger partial charge in [0.05, 0.1) is 7.11 Å². The molecule has 1 aliphatic rings. The molecule has 1 heterocycles. The van der Waals surface area contributed by atoms with Gasteiger partial charge in [-0.1, -0.05) is 13.8 Å². The summed E-state index contributed by atoms with van der Waals surface area (Å²) in [7, 11) is 1.32. The maximum atomic E-state index is 12.4. The van der Waals surface area contributed by atoms with Crippen molar-refractivity contribution in [3.8, 4) is 0 Å². The van der Waals surface area contributed by atoms with Gasteiger partial charge in [0.1, 0.15) is 18.2 Å². The van der Waals surface area contributed by atoms with Crippen molar-refractivity contribution in [2.45, 2.75) is 52.7 Å². The number of rotatable bonds is 4. The third-order valence-electron chi connectivity index (χ3n) is 3.45. The molecule has 1 fully saturated rings. The Bertz CT molecular complexity index is 456. The molecule has 0 radical (unpaired) electrons. The Morgan fingerprint density at radius 2 is 1.83 bits per heavy atom. The molecule has 0 unspecified atom stereocenters. The molecule has 0 spiro atoms. The van der Waals surface area contributed by atoms with Crippen molar-refractivity contribution in [2.75, 3.05) is 26.7 Å². The lowest BCUT2D eigenvalue weighted by atomic mass is 10.0. The normalized spacial score (nSPS) is 17.3. The molecule has 7 heteroatoms. The molecule has 1 atom stereocenters. The molecule has 1 aliphatic heterocycles. The summed E-state index contributed by atoms with van der Waals surface area (Å²) in [6.45, 7) is 9.85. The highest BCUT2D eigenvalue weighted by molar-refractivity contribution is 5.88. The minimum absolute atomic E-state index is 0.0828. The molecule has 0 N–H and O–H groups in total. The highest BCUT2D eigenvalue weighted by atomic mass is 16.6. The standard InChI is InChI=1S/C16H28N2O5/c1-11(2)9-12(14(20)22-6)18-8-7-17(10-13(18)19)15(21)23-16(3,4)5/h11-12H,7-10H2,1-6H3/t12-/m0/s1. The van der Waals surface area contributed by atoms with Crippen LogP contribution in [0.1, 0.15) is 41.0 Å². The number of hydrogen-bond donors (Lipinski definition) is 0. The van der Waals surface area contributed by atoms with Gasteiger partial charge in [0.2, 0.25) is 5.91 Å². The average molecular weight is 328 g/mol. The Morgan fingerprint density at radius 1 is 1.22 bits per heavy atom. The Kier molecular flexibility index (Phi) is 6.41. The van der Waals surface area contributed by atoms with Crippen LogP contribution >= 0.6 is 0 Å². The lowest BCUT2D eigenvalue weighted by molar-refractivity contribution is -0.156. The van der Waals surface area contributed by atoms with Gasteiger partial charge in [0.15, 0.2) is 0 Å². The zero-order chi connectivity index (χ0) is 17.8. The fourth-order valence-corrected chi connectivity index (χ4v) is 2.43. The van der Waals surface area contributed by atoms with Gasteiger partial charge in [0, 0.05) is 13.1 Å². The number of carbonyl (C=O) groups excluding carboxylic acids is 3. The number of ether oxygens (including phenoxy) is 2. The van der Waals surface area contributed by atoms with E-state index in [0.29, 0.717) is 19.5 Å². The summed E-state index contributed by atoms with van der Waals surface area (Å²) in [5.74, 6) is -0.438. The van der Waals surface area contributed by atoms with Crippen LogP contribution in [0.4, 0.5) is 4.79 Å². The van der Waals surface area contributed by atoms with Crippen LogP contribution in [0.25, 0.3) is 0 Å². The molecule has 1 saturated heterocycles. The molecule has 1 rings (SSSR count). The molecule has 0 saturated carbocycles. The lowest BCUT2D eigenvalue weighted by Gasteiger charge is -2.38. The minimum Gasteiger partial charge on any atom is -0.467 e. The molecular weight excluding hydrogens is 300 g/mol. The smallest absolute Gasteiger partial charge is 0.410 e. The molecule has 2 amide bonds. The van der Waals surface area contributed by atoms with E-state index in [2.05, 4.69) is 0 Å². The van der Waals surface area contributed by atoms with Crippen LogP contribution in [0.15, 0.2) is 0 Å². The van der Waals surface area contributed by atoms with E-state index in [4.69, 9.17) is 9.47 Å². The van der Waals surface area contributed by atoms with Crippen molar-refractivity contribution >= 4 is 18.0 Å². The first kappa shape index (κ1) is 19.3. The van der Waals surface area contributed by atoms with Crippen LogP contribution in [0.2, 0.25) is 0 Å². The van der Waals surface area contributed by atoms with Gasteiger partial charge in [-0.05, 0) is 33.1 Å². The first-order valence-electron chi connectivity index (χ1n) is 7.90. The van der Waals surface area contributed by atoms with E-state index >= 15 is 0 Å². The van der Waals surface area contributed by atoms with E-state index in [9.17, 15) is 14.4 Å². The third-order valence-corrected chi connectivity index (χ3v) is 3.45. The summed E-state index contributed by atoms with van der Waals surface area (Å²) in [4.78, 5) is 39.3. The van der Waals surface area contributed by atoms with E-state index in [1.165, 1.54) is 16.9 Å². The Hall–Kier alpha value is -1.79. The second kappa shape index (κ2) is 7.66. The average Bonchev–Trinajstić information content (AvgIpc) is 2.42. The van der Waals surface area contributed by atoms with Gasteiger partial charge in [-0.25, -0.2) is 9.59 Å². The maximum absolute atomic E-state index is 12.4. The van der Waals surface area contributed by atoms with Crippen LogP contribution in [0.5, 0.6) is 0 Å². The molecule has 0 bridgehead atoms. The Balaban J connectivity index is 2.75. The van der Waals surface area contributed by atoms with Crippen molar-refractivity contribution in [1.82, 2.24) is 9.80 Å². The van der Waals surface area contributed by atoms with Crippen molar-refractivity contribution in [1.29, 1.82) is 0 Å². The van der Waals surface area contributed by atoms with Crippen LogP contribution in [-0.4, -0.2) is 66.2 Å². The first-order chi connectivity index (χ1) is 10.5. The Labute approximate surface area is 137 Å². The SMILES string of the molecule is COC(=O)[C@H](CC(C)C)N1CCN(C(=O)OC(C)(C)C)CC1=O. The number of esters is 1. The lowest BCUT2D eigenvalue weighted by Crippen LogP contribution is -2.58. The van der Waals surface area contributed by atoms with Gasteiger partial charge in [-0.15, -0.1) is 0 Å². The van der Waals surface area contributed by atoms with Crippen LogP contribution < -0.4 is 0 Å². The molecular formula is C16H28N2O5. The summed E-state index contributed by atoms with van der Waals surface area (Å²) in [6.07, 6.45) is 0.0224. The molecule has 0 aliphatic carbocycles. The number of amides is 2. The second-order valence-corrected chi connectivity index (χ2v) is 7.16. The summed E-state index contributed by atoms with van der Waals surface area (Å²) in [5, 5.41) is 0. The monoisotopic (exact) mass is 328 g/mol. The molecule has 132 valence electrons. The summed E-state index contributed by atoms with van der Waals surface area (Å²) in [5.41, 5.74) is -0.608. The van der Waals surface area contributed by atoms with E-state index in [0.717, 1.165) is 0 Å². The van der Waals surface area contributed by atoms with Crippen molar-refractivity contribution in [3.63, 3.8) is 0 Å². The van der Waals surface area contributed by atoms with Crippen molar-refractivity contribution in [3.05, 3.63) is 0 Å². The predicted molar refractivity (Wildman–Crippen MR) is 84.8 cm³/mol. The molecule has 0 aromatic carbocycles. The second-order valence-electron chi connectivity index (χ2n) is 7.16. The van der Waals surface area contributed by atoms with Crippen LogP contribution in [-0.2, 0) is 19.1 Å². The Morgan fingerprint density at radius 3 is 2.26 bits per heavy atom. The fraction of sp³-hybridized carbons (Fsp3) is 0.812. The zero-order valence-corrected chi connectivity index (χ0v) is 14.9. The minimum atomic E-state index is -0.608. The number of carbonyl (C=O) groups is 3. The number of piperazine rings is 1. The van der Waals surface area contributed by atoms with Crippen LogP contribution in [0, 0.1) is 5.92 Å². The highest BCUT2D eigenvalue weighted by Crippen LogP contribution is 2.18. The van der Waals surface area contributed by atoms with Crippen LogP contribution in [0.3, 0.4) is 0 Å². The first-order valence-corrected chi connectivity index (χ1v) is 7.90. The van der Waals surface area contributed by atoms with E-state index in [1.807, 2.05) is 13.8 Å². The summed E-state index contributed by atoms with van der Waals surface area (Å²) < 4.78 is 10.1. The van der Waals surface area contributed by atoms with Crippen molar-refractivity contribution in [2.24, 2.45) is 5.92 Å². The molecule has 0 aromatic heterocycles. The molecule has 7 nitrogen and oxygen atoms in total. The quantitative estimate of drug-likeness (QED) is 0.734. The topological polar surface area (TPSA) is 76.2 Å². The fourth-order valence-electron chi connectivity index (χ4n) is 2.43. The largest absolute Gasteiger partial charge is 0.467 e. The van der Waals surface area contributed by atoms with Gasteiger partial charge in [-0.2, -0.15) is 0 Å². The van der Waals surface area contributed by atoms with Gasteiger partial charge < -0.3 is 14.4 Å². The van der Waals surface area contributed by atoms with Gasteiger partial charge in [0.25, 0.3) is 0 Å². The number of nitrogens with zero attached hydrogens (tertiary/aromatic N) is 2.